The quantitative estimate of drug-likeness (QED) is 0.451. The summed E-state index contributed by atoms with van der Waals surface area (Å²) < 4.78 is 28.3. The molecule has 0 bridgehead atoms. The molecule has 2 aliphatic rings. The zero-order valence-corrected chi connectivity index (χ0v) is 23.2. The van der Waals surface area contributed by atoms with Crippen LogP contribution in [0.25, 0.3) is 5.57 Å². The van der Waals surface area contributed by atoms with Gasteiger partial charge in [0.2, 0.25) is 0 Å². The highest BCUT2D eigenvalue weighted by atomic mass is 35.5. The molecule has 1 aliphatic heterocycles. The van der Waals surface area contributed by atoms with E-state index >= 15 is 0 Å². The van der Waals surface area contributed by atoms with Gasteiger partial charge >= 0.3 is 6.09 Å². The number of benzene rings is 2. The third-order valence-electron chi connectivity index (χ3n) is 6.72. The molecule has 0 spiro atoms. The molecule has 37 heavy (non-hydrogen) atoms. The fourth-order valence-electron chi connectivity index (χ4n) is 4.96. The summed E-state index contributed by atoms with van der Waals surface area (Å²) in [6.07, 6.45) is 5.23. The molecule has 198 valence electrons. The number of nitrogens with zero attached hydrogens (tertiary/aromatic N) is 2. The minimum atomic E-state index is -3.31. The van der Waals surface area contributed by atoms with Crippen LogP contribution in [0.5, 0.6) is 0 Å². The molecule has 1 aliphatic carbocycles. The molecule has 2 aromatic rings. The van der Waals surface area contributed by atoms with Crippen molar-refractivity contribution < 1.29 is 22.7 Å². The van der Waals surface area contributed by atoms with Crippen molar-refractivity contribution in [1.29, 1.82) is 0 Å². The topological polar surface area (TPSA) is 84.0 Å². The number of halogens is 2. The number of carbonyl (C=O) groups excluding carboxylic acids is 2. The lowest BCUT2D eigenvalue weighted by Gasteiger charge is -2.27. The van der Waals surface area contributed by atoms with Crippen LogP contribution in [0, 0.1) is 0 Å². The van der Waals surface area contributed by atoms with Gasteiger partial charge in [0.25, 0.3) is 0 Å². The lowest BCUT2D eigenvalue weighted by Crippen LogP contribution is -2.35. The minimum absolute atomic E-state index is 0.0825. The Bertz CT molecular complexity index is 1320. The van der Waals surface area contributed by atoms with Gasteiger partial charge in [0.1, 0.15) is 12.4 Å². The molecule has 0 aromatic heterocycles. The Morgan fingerprint density at radius 1 is 1.11 bits per heavy atom. The fraction of sp³-hybridized carbons (Fsp3) is 0.407. The molecular weight excluding hydrogens is 535 g/mol. The number of carbonyl (C=O) groups is 2. The monoisotopic (exact) mass is 564 g/mol. The van der Waals surface area contributed by atoms with Crippen LogP contribution in [-0.4, -0.2) is 68.8 Å². The normalized spacial score (nSPS) is 17.7. The number of Topliss-reactive ketones (excluding diaryl/α,β-unsaturated/α-hetero) is 1. The number of amides is 1. The third kappa shape index (κ3) is 7.35. The molecule has 1 atom stereocenters. The average molecular weight is 566 g/mol. The maximum absolute atomic E-state index is 12.8. The molecule has 0 saturated heterocycles. The number of ketones is 1. The first-order valence-electron chi connectivity index (χ1n) is 12.1. The van der Waals surface area contributed by atoms with Gasteiger partial charge in [-0.25, -0.2) is 13.2 Å². The molecule has 2 aromatic carbocycles. The maximum Gasteiger partial charge on any atom is 0.410 e. The lowest BCUT2D eigenvalue weighted by molar-refractivity contribution is -0.117. The first-order valence-corrected chi connectivity index (χ1v) is 14.9. The average Bonchev–Trinajstić information content (AvgIpc) is 3.24. The van der Waals surface area contributed by atoms with Crippen molar-refractivity contribution in [3.8, 4) is 0 Å². The zero-order chi connectivity index (χ0) is 26.7. The van der Waals surface area contributed by atoms with Gasteiger partial charge in [0.05, 0.1) is 12.6 Å². The highest BCUT2D eigenvalue weighted by Crippen LogP contribution is 2.38. The lowest BCUT2D eigenvalue weighted by atomic mass is 9.95. The summed E-state index contributed by atoms with van der Waals surface area (Å²) in [6, 6.07) is 11.4. The van der Waals surface area contributed by atoms with Crippen LogP contribution >= 0.6 is 23.2 Å². The predicted molar refractivity (Wildman–Crippen MR) is 146 cm³/mol. The maximum atomic E-state index is 12.8. The summed E-state index contributed by atoms with van der Waals surface area (Å²) in [5.41, 5.74) is 5.35. The number of rotatable bonds is 8. The van der Waals surface area contributed by atoms with E-state index in [1.807, 2.05) is 4.90 Å². The first kappa shape index (κ1) is 27.6. The Balaban J connectivity index is 1.39. The molecule has 7 nitrogen and oxygen atoms in total. The van der Waals surface area contributed by atoms with E-state index in [9.17, 15) is 18.0 Å². The molecule has 1 amide bonds. The molecule has 1 heterocycles. The highest BCUT2D eigenvalue weighted by Gasteiger charge is 2.30. The molecule has 10 heteroatoms. The Labute approximate surface area is 227 Å². The van der Waals surface area contributed by atoms with Crippen LogP contribution in [0.2, 0.25) is 10.0 Å². The van der Waals surface area contributed by atoms with Crippen LogP contribution in [0.3, 0.4) is 0 Å². The van der Waals surface area contributed by atoms with Gasteiger partial charge in [0, 0.05) is 36.4 Å². The van der Waals surface area contributed by atoms with Crippen molar-refractivity contribution >= 4 is 50.5 Å². The van der Waals surface area contributed by atoms with Crippen molar-refractivity contribution in [1.82, 2.24) is 9.80 Å². The molecular formula is C27H30Cl2N2O5S. The van der Waals surface area contributed by atoms with Gasteiger partial charge in [-0.2, -0.15) is 0 Å². The number of fused-ring (bicyclic) bond motifs is 1. The second-order valence-corrected chi connectivity index (χ2v) is 12.7. The van der Waals surface area contributed by atoms with E-state index in [-0.39, 0.29) is 25.0 Å². The van der Waals surface area contributed by atoms with Crippen LogP contribution in [0.1, 0.15) is 41.1 Å². The molecule has 1 unspecified atom stereocenters. The van der Waals surface area contributed by atoms with Crippen LogP contribution in [-0.2, 0) is 32.4 Å². The Hall–Kier alpha value is -2.39. The molecule has 0 fully saturated rings. The van der Waals surface area contributed by atoms with Gasteiger partial charge in [-0.15, -0.1) is 0 Å². The summed E-state index contributed by atoms with van der Waals surface area (Å²) in [5.74, 6) is -0.706. The van der Waals surface area contributed by atoms with Crippen molar-refractivity contribution in [2.24, 2.45) is 0 Å². The minimum Gasteiger partial charge on any atom is -0.445 e. The Morgan fingerprint density at radius 2 is 1.84 bits per heavy atom. The second kappa shape index (κ2) is 11.6. The summed E-state index contributed by atoms with van der Waals surface area (Å²) in [4.78, 5) is 28.5. The van der Waals surface area contributed by atoms with Crippen LogP contribution in [0.15, 0.2) is 42.5 Å². The van der Waals surface area contributed by atoms with Crippen molar-refractivity contribution in [3.63, 3.8) is 0 Å². The first-order chi connectivity index (χ1) is 17.5. The SMILES string of the molecule is CN(C(=O)OCc1cc(Cl)cc(Cl)c1)C1CCc2ccc(C3=CCN(CC(=O)CS(C)(=O)=O)CC3)cc21. The van der Waals surface area contributed by atoms with E-state index in [4.69, 9.17) is 27.9 Å². The number of hydrogen-bond donors (Lipinski definition) is 0. The van der Waals surface area contributed by atoms with E-state index in [1.165, 1.54) is 11.1 Å². The summed E-state index contributed by atoms with van der Waals surface area (Å²) in [6.45, 7) is 1.49. The second-order valence-electron chi connectivity index (χ2n) is 9.73. The summed E-state index contributed by atoms with van der Waals surface area (Å²) in [5, 5.41) is 0.981. The summed E-state index contributed by atoms with van der Waals surface area (Å²) in [7, 11) is -1.56. The van der Waals surface area contributed by atoms with Crippen molar-refractivity contribution in [3.05, 3.63) is 74.8 Å². The molecule has 0 radical (unpaired) electrons. The van der Waals surface area contributed by atoms with E-state index < -0.39 is 21.7 Å². The largest absolute Gasteiger partial charge is 0.445 e. The number of aryl methyl sites for hydroxylation is 1. The Kier molecular flexibility index (Phi) is 8.63. The predicted octanol–water partition coefficient (Wildman–Crippen LogP) is 4.95. The molecule has 0 N–H and O–H groups in total. The van der Waals surface area contributed by atoms with E-state index in [2.05, 4.69) is 24.3 Å². The number of sulfone groups is 1. The van der Waals surface area contributed by atoms with Gasteiger partial charge < -0.3 is 9.64 Å². The molecule has 0 saturated carbocycles. The van der Waals surface area contributed by atoms with E-state index in [1.54, 1.807) is 30.1 Å². The highest BCUT2D eigenvalue weighted by molar-refractivity contribution is 7.91. The number of hydrogen-bond acceptors (Lipinski definition) is 6. The molecule has 4 rings (SSSR count). The van der Waals surface area contributed by atoms with E-state index in [0.29, 0.717) is 23.1 Å². The van der Waals surface area contributed by atoms with E-state index in [0.717, 1.165) is 42.2 Å². The van der Waals surface area contributed by atoms with Crippen LogP contribution in [0.4, 0.5) is 4.79 Å². The summed E-state index contributed by atoms with van der Waals surface area (Å²) >= 11 is 12.1. The van der Waals surface area contributed by atoms with Crippen molar-refractivity contribution in [2.45, 2.75) is 31.9 Å². The standard InChI is InChI=1S/C27H30Cl2N2O5S/c1-30(27(33)36-16-18-11-22(28)14-23(29)12-18)26-6-5-20-3-4-21(13-25(20)26)19-7-9-31(10-8-19)15-24(32)17-37(2,34)35/h3-4,7,11-14,26H,5-6,8-10,15-17H2,1-2H3. The van der Waals surface area contributed by atoms with Crippen molar-refractivity contribution in [2.75, 3.05) is 38.7 Å². The fourth-order valence-corrected chi connectivity index (χ4v) is 6.20. The third-order valence-corrected chi connectivity index (χ3v) is 8.00. The van der Waals surface area contributed by atoms with Gasteiger partial charge in [0.15, 0.2) is 15.6 Å². The zero-order valence-electron chi connectivity index (χ0n) is 20.9. The van der Waals surface area contributed by atoms with Gasteiger partial charge in [-0.3, -0.25) is 9.69 Å². The number of ether oxygens (including phenoxy) is 1. The smallest absolute Gasteiger partial charge is 0.410 e. The van der Waals surface area contributed by atoms with Gasteiger partial charge in [-0.1, -0.05) is 41.4 Å². The van der Waals surface area contributed by atoms with Gasteiger partial charge in [-0.05, 0) is 71.4 Å². The Morgan fingerprint density at radius 3 is 2.49 bits per heavy atom. The van der Waals surface area contributed by atoms with Crippen LogP contribution < -0.4 is 0 Å².